The van der Waals surface area contributed by atoms with Gasteiger partial charge in [-0.3, -0.25) is 0 Å². The maximum absolute atomic E-state index is 5.98. The largest absolute Gasteiger partial charge is 0.328 e. The van der Waals surface area contributed by atoms with Crippen LogP contribution >= 0.6 is 0 Å². The van der Waals surface area contributed by atoms with Gasteiger partial charge < -0.3 is 10.6 Å². The molecule has 0 heterocycles. The molecular formula is C11H24N2. The zero-order chi connectivity index (χ0) is 9.84. The molecule has 0 aromatic heterocycles. The van der Waals surface area contributed by atoms with Crippen molar-refractivity contribution in [1.82, 2.24) is 4.90 Å². The van der Waals surface area contributed by atoms with Crippen LogP contribution < -0.4 is 5.73 Å². The van der Waals surface area contributed by atoms with Crippen molar-refractivity contribution in [2.45, 2.75) is 64.1 Å². The maximum atomic E-state index is 5.98. The van der Waals surface area contributed by atoms with Crippen molar-refractivity contribution >= 4 is 0 Å². The van der Waals surface area contributed by atoms with Crippen LogP contribution in [0, 0.1) is 0 Å². The molecule has 2 N–H and O–H groups in total. The van der Waals surface area contributed by atoms with E-state index in [4.69, 9.17) is 5.73 Å². The molecule has 0 aliphatic heterocycles. The molecule has 78 valence electrons. The van der Waals surface area contributed by atoms with Gasteiger partial charge in [0.05, 0.1) is 0 Å². The van der Waals surface area contributed by atoms with Crippen molar-refractivity contribution in [2.75, 3.05) is 7.05 Å². The van der Waals surface area contributed by atoms with Crippen LogP contribution in [0.15, 0.2) is 0 Å². The van der Waals surface area contributed by atoms with Crippen molar-refractivity contribution < 1.29 is 0 Å². The SMILES string of the molecule is CCC(C)N(C)C1CCCC(N)C1. The lowest BCUT2D eigenvalue weighted by molar-refractivity contribution is 0.135. The molecule has 13 heavy (non-hydrogen) atoms. The third-order valence-electron chi connectivity index (χ3n) is 3.55. The highest BCUT2D eigenvalue weighted by molar-refractivity contribution is 4.82. The lowest BCUT2D eigenvalue weighted by Crippen LogP contribution is -2.44. The van der Waals surface area contributed by atoms with Gasteiger partial charge in [0.1, 0.15) is 0 Å². The number of rotatable bonds is 3. The molecule has 1 aliphatic rings. The molecule has 3 atom stereocenters. The van der Waals surface area contributed by atoms with Gasteiger partial charge in [0.25, 0.3) is 0 Å². The second-order valence-electron chi connectivity index (χ2n) is 4.50. The molecule has 1 fully saturated rings. The molecule has 0 aromatic rings. The van der Waals surface area contributed by atoms with Gasteiger partial charge >= 0.3 is 0 Å². The fourth-order valence-corrected chi connectivity index (χ4v) is 2.22. The predicted octanol–water partition coefficient (Wildman–Crippen LogP) is 1.99. The third kappa shape index (κ3) is 2.96. The Morgan fingerprint density at radius 3 is 2.69 bits per heavy atom. The summed E-state index contributed by atoms with van der Waals surface area (Å²) in [5, 5.41) is 0. The van der Waals surface area contributed by atoms with Gasteiger partial charge in [-0.2, -0.15) is 0 Å². The summed E-state index contributed by atoms with van der Waals surface area (Å²) in [5.74, 6) is 0. The van der Waals surface area contributed by atoms with Gasteiger partial charge in [-0.25, -0.2) is 0 Å². The average molecular weight is 184 g/mol. The first-order valence-corrected chi connectivity index (χ1v) is 5.62. The number of hydrogen-bond acceptors (Lipinski definition) is 2. The Labute approximate surface area is 82.5 Å². The molecule has 1 aliphatic carbocycles. The van der Waals surface area contributed by atoms with Gasteiger partial charge in [-0.1, -0.05) is 13.3 Å². The molecule has 0 amide bonds. The van der Waals surface area contributed by atoms with E-state index in [1.807, 2.05) is 0 Å². The summed E-state index contributed by atoms with van der Waals surface area (Å²) in [5.41, 5.74) is 5.98. The monoisotopic (exact) mass is 184 g/mol. The van der Waals surface area contributed by atoms with Gasteiger partial charge in [0.2, 0.25) is 0 Å². The Bertz CT molecular complexity index is 147. The summed E-state index contributed by atoms with van der Waals surface area (Å²) < 4.78 is 0. The first-order valence-electron chi connectivity index (χ1n) is 5.62. The Morgan fingerprint density at radius 1 is 1.46 bits per heavy atom. The standard InChI is InChI=1S/C11H24N2/c1-4-9(2)13(3)11-7-5-6-10(12)8-11/h9-11H,4-8,12H2,1-3H3. The van der Waals surface area contributed by atoms with Crippen LogP contribution in [0.25, 0.3) is 0 Å². The van der Waals surface area contributed by atoms with Gasteiger partial charge in [0.15, 0.2) is 0 Å². The molecular weight excluding hydrogens is 160 g/mol. The average Bonchev–Trinajstić information content (AvgIpc) is 2.15. The summed E-state index contributed by atoms with van der Waals surface area (Å²) in [6, 6.07) is 1.89. The minimum absolute atomic E-state index is 0.449. The van der Waals surface area contributed by atoms with E-state index in [0.29, 0.717) is 12.1 Å². The molecule has 0 radical (unpaired) electrons. The van der Waals surface area contributed by atoms with E-state index in [-0.39, 0.29) is 0 Å². The Hall–Kier alpha value is -0.0800. The van der Waals surface area contributed by atoms with Crippen molar-refractivity contribution in [3.05, 3.63) is 0 Å². The highest BCUT2D eigenvalue weighted by Crippen LogP contribution is 2.22. The molecule has 2 nitrogen and oxygen atoms in total. The molecule has 0 aromatic carbocycles. The Kier molecular flexibility index (Phi) is 4.20. The van der Waals surface area contributed by atoms with E-state index < -0.39 is 0 Å². The fraction of sp³-hybridized carbons (Fsp3) is 1.00. The summed E-state index contributed by atoms with van der Waals surface area (Å²) in [7, 11) is 2.25. The van der Waals surface area contributed by atoms with Crippen molar-refractivity contribution in [1.29, 1.82) is 0 Å². The van der Waals surface area contributed by atoms with E-state index in [1.54, 1.807) is 0 Å². The van der Waals surface area contributed by atoms with Crippen LogP contribution in [0.3, 0.4) is 0 Å². The molecule has 0 spiro atoms. The predicted molar refractivity (Wildman–Crippen MR) is 57.7 cm³/mol. The second kappa shape index (κ2) is 4.97. The van der Waals surface area contributed by atoms with E-state index >= 15 is 0 Å². The molecule has 0 bridgehead atoms. The highest BCUT2D eigenvalue weighted by atomic mass is 15.2. The van der Waals surface area contributed by atoms with Gasteiger partial charge in [0, 0.05) is 18.1 Å². The topological polar surface area (TPSA) is 29.3 Å². The highest BCUT2D eigenvalue weighted by Gasteiger charge is 2.24. The van der Waals surface area contributed by atoms with Crippen LogP contribution in [0.4, 0.5) is 0 Å². The Morgan fingerprint density at radius 2 is 2.15 bits per heavy atom. The number of hydrogen-bond donors (Lipinski definition) is 1. The van der Waals surface area contributed by atoms with Crippen LogP contribution in [0.1, 0.15) is 46.0 Å². The van der Waals surface area contributed by atoms with Gasteiger partial charge in [-0.15, -0.1) is 0 Å². The minimum Gasteiger partial charge on any atom is -0.328 e. The third-order valence-corrected chi connectivity index (χ3v) is 3.55. The quantitative estimate of drug-likeness (QED) is 0.727. The van der Waals surface area contributed by atoms with E-state index in [9.17, 15) is 0 Å². The molecule has 1 rings (SSSR count). The van der Waals surface area contributed by atoms with E-state index in [1.165, 1.54) is 32.1 Å². The summed E-state index contributed by atoms with van der Waals surface area (Å²) in [6.45, 7) is 4.56. The van der Waals surface area contributed by atoms with Crippen LogP contribution in [-0.4, -0.2) is 30.1 Å². The summed E-state index contributed by atoms with van der Waals surface area (Å²) in [6.07, 6.45) is 6.31. The first kappa shape index (κ1) is 11.0. The zero-order valence-corrected chi connectivity index (χ0v) is 9.29. The lowest BCUT2D eigenvalue weighted by Gasteiger charge is -2.37. The van der Waals surface area contributed by atoms with Crippen LogP contribution in [-0.2, 0) is 0 Å². The lowest BCUT2D eigenvalue weighted by atomic mass is 9.90. The van der Waals surface area contributed by atoms with Crippen LogP contribution in [0.5, 0.6) is 0 Å². The summed E-state index contributed by atoms with van der Waals surface area (Å²) >= 11 is 0. The smallest absolute Gasteiger partial charge is 0.0110 e. The van der Waals surface area contributed by atoms with E-state index in [0.717, 1.165) is 6.04 Å². The van der Waals surface area contributed by atoms with E-state index in [2.05, 4.69) is 25.8 Å². The second-order valence-corrected chi connectivity index (χ2v) is 4.50. The van der Waals surface area contributed by atoms with Crippen molar-refractivity contribution in [3.63, 3.8) is 0 Å². The fourth-order valence-electron chi connectivity index (χ4n) is 2.22. The maximum Gasteiger partial charge on any atom is 0.0110 e. The minimum atomic E-state index is 0.449. The Balaban J connectivity index is 2.41. The van der Waals surface area contributed by atoms with Crippen molar-refractivity contribution in [2.24, 2.45) is 5.73 Å². The van der Waals surface area contributed by atoms with Crippen LogP contribution in [0.2, 0.25) is 0 Å². The molecule has 3 unspecified atom stereocenters. The number of nitrogens with two attached hydrogens (primary N) is 1. The molecule has 1 saturated carbocycles. The van der Waals surface area contributed by atoms with Gasteiger partial charge in [-0.05, 0) is 39.7 Å². The molecule has 0 saturated heterocycles. The molecule has 2 heteroatoms. The number of nitrogens with zero attached hydrogens (tertiary/aromatic N) is 1. The first-order chi connectivity index (χ1) is 6.15. The zero-order valence-electron chi connectivity index (χ0n) is 9.29. The van der Waals surface area contributed by atoms with Crippen molar-refractivity contribution in [3.8, 4) is 0 Å². The summed E-state index contributed by atoms with van der Waals surface area (Å²) in [4.78, 5) is 2.51. The normalized spacial score (nSPS) is 32.1.